The number of halogens is 4. The molecule has 1 aliphatic heterocycles. The van der Waals surface area contributed by atoms with Crippen LogP contribution in [0.1, 0.15) is 16.8 Å². The van der Waals surface area contributed by atoms with Crippen molar-refractivity contribution in [3.05, 3.63) is 41.0 Å². The molecule has 1 aliphatic rings. The Kier molecular flexibility index (Phi) is 13.0. The Morgan fingerprint density at radius 3 is 2.54 bits per heavy atom. The van der Waals surface area contributed by atoms with Crippen LogP contribution in [0.25, 0.3) is 20.7 Å². The Morgan fingerprint density at radius 1 is 1.14 bits per heavy atom. The van der Waals surface area contributed by atoms with Crippen molar-refractivity contribution in [1.82, 2.24) is 24.7 Å². The summed E-state index contributed by atoms with van der Waals surface area (Å²) in [4.78, 5) is 28.7. The Bertz CT molecular complexity index is 1100. The standard InChI is InChI=1S/C23H29ClN6OS.3ClH/c1-28(2)22(31)17-6-5-16-13-20(32-19(16)14-17)21-18(24)15-26-23(27-21)25-7-4-8-30-11-9-29(3)10-12-30;;;/h5-6,13-15H,4,7-12H2,1-3H3,(H,25,26,27);3*1H. The van der Waals surface area contributed by atoms with Gasteiger partial charge in [0.05, 0.1) is 16.1 Å². The van der Waals surface area contributed by atoms with E-state index in [1.807, 2.05) is 18.2 Å². The van der Waals surface area contributed by atoms with Gasteiger partial charge in [-0.25, -0.2) is 9.97 Å². The van der Waals surface area contributed by atoms with Crippen LogP contribution in [0.15, 0.2) is 30.5 Å². The van der Waals surface area contributed by atoms with E-state index in [2.05, 4.69) is 38.2 Å². The second-order valence-corrected chi connectivity index (χ2v) is 9.87. The number of carbonyl (C=O) groups is 1. The molecule has 0 spiro atoms. The molecule has 3 aromatic rings. The van der Waals surface area contributed by atoms with Gasteiger partial charge in [0.2, 0.25) is 5.95 Å². The first-order valence-corrected chi connectivity index (χ1v) is 12.0. The first-order valence-electron chi connectivity index (χ1n) is 10.8. The number of hydrogen-bond donors (Lipinski definition) is 1. The highest BCUT2D eigenvalue weighted by molar-refractivity contribution is 7.22. The highest BCUT2D eigenvalue weighted by Crippen LogP contribution is 2.36. The largest absolute Gasteiger partial charge is 0.354 e. The molecule has 7 nitrogen and oxygen atoms in total. The number of nitrogens with zero attached hydrogens (tertiary/aromatic N) is 5. The maximum Gasteiger partial charge on any atom is 0.253 e. The third-order valence-electron chi connectivity index (χ3n) is 5.68. The van der Waals surface area contributed by atoms with Crippen molar-refractivity contribution in [2.45, 2.75) is 6.42 Å². The highest BCUT2D eigenvalue weighted by Gasteiger charge is 2.15. The second kappa shape index (κ2) is 14.4. The average Bonchev–Trinajstić information content (AvgIpc) is 3.21. The average molecular weight is 582 g/mol. The normalized spacial score (nSPS) is 13.9. The Labute approximate surface area is 234 Å². The molecule has 194 valence electrons. The first kappa shape index (κ1) is 31.6. The smallest absolute Gasteiger partial charge is 0.253 e. The minimum atomic E-state index is -0.00928. The van der Waals surface area contributed by atoms with Gasteiger partial charge in [-0.1, -0.05) is 17.7 Å². The molecular weight excluding hydrogens is 550 g/mol. The lowest BCUT2D eigenvalue weighted by Gasteiger charge is -2.32. The van der Waals surface area contributed by atoms with E-state index < -0.39 is 0 Å². The van der Waals surface area contributed by atoms with Crippen molar-refractivity contribution in [2.75, 3.05) is 65.7 Å². The lowest BCUT2D eigenvalue weighted by atomic mass is 10.1. The van der Waals surface area contributed by atoms with Gasteiger partial charge in [-0.15, -0.1) is 48.6 Å². The van der Waals surface area contributed by atoms with Gasteiger partial charge < -0.3 is 20.0 Å². The molecule has 12 heteroatoms. The van der Waals surface area contributed by atoms with Crippen LogP contribution in [0.3, 0.4) is 0 Å². The van der Waals surface area contributed by atoms with Crippen LogP contribution in [0, 0.1) is 0 Å². The van der Waals surface area contributed by atoms with Crippen molar-refractivity contribution in [3.63, 3.8) is 0 Å². The fourth-order valence-electron chi connectivity index (χ4n) is 3.74. The third-order valence-corrected chi connectivity index (χ3v) is 7.06. The summed E-state index contributed by atoms with van der Waals surface area (Å²) < 4.78 is 1.03. The van der Waals surface area contributed by atoms with Crippen LogP contribution in [0.2, 0.25) is 5.02 Å². The summed E-state index contributed by atoms with van der Waals surface area (Å²) in [7, 11) is 5.69. The molecule has 0 atom stereocenters. The Balaban J connectivity index is 0.00000204. The van der Waals surface area contributed by atoms with Gasteiger partial charge in [0, 0.05) is 57.1 Å². The summed E-state index contributed by atoms with van der Waals surface area (Å²) in [6.45, 7) is 6.42. The number of likely N-dealkylation sites (N-methyl/N-ethyl adjacent to an activating group) is 1. The topological polar surface area (TPSA) is 64.6 Å². The molecule has 0 saturated carbocycles. The number of carbonyl (C=O) groups excluding carboxylic acids is 1. The summed E-state index contributed by atoms with van der Waals surface area (Å²) in [6, 6.07) is 7.82. The monoisotopic (exact) mass is 580 g/mol. The summed E-state index contributed by atoms with van der Waals surface area (Å²) in [6.07, 6.45) is 2.69. The molecule has 1 saturated heterocycles. The fraction of sp³-hybridized carbons (Fsp3) is 0.435. The molecule has 0 aliphatic carbocycles. The molecule has 3 heterocycles. The van der Waals surface area contributed by atoms with Gasteiger partial charge in [0.15, 0.2) is 0 Å². The number of thiophene rings is 1. The third kappa shape index (κ3) is 8.05. The number of nitrogens with one attached hydrogen (secondary N) is 1. The highest BCUT2D eigenvalue weighted by atomic mass is 35.5. The summed E-state index contributed by atoms with van der Waals surface area (Å²) in [5.41, 5.74) is 1.39. The van der Waals surface area contributed by atoms with Crippen molar-refractivity contribution in [2.24, 2.45) is 0 Å². The molecule has 35 heavy (non-hydrogen) atoms. The number of piperazine rings is 1. The number of amides is 1. The van der Waals surface area contributed by atoms with Gasteiger partial charge >= 0.3 is 0 Å². The van der Waals surface area contributed by atoms with Gasteiger partial charge in [0.1, 0.15) is 5.69 Å². The van der Waals surface area contributed by atoms with E-state index in [4.69, 9.17) is 11.6 Å². The maximum absolute atomic E-state index is 12.3. The fourth-order valence-corrected chi connectivity index (χ4v) is 5.09. The molecule has 0 bridgehead atoms. The molecule has 1 amide bonds. The van der Waals surface area contributed by atoms with Gasteiger partial charge in [0.25, 0.3) is 5.91 Å². The van der Waals surface area contributed by atoms with Crippen LogP contribution in [0.4, 0.5) is 5.95 Å². The second-order valence-electron chi connectivity index (χ2n) is 8.38. The number of hydrogen-bond acceptors (Lipinski definition) is 7. The summed E-state index contributed by atoms with van der Waals surface area (Å²) in [5, 5.41) is 4.92. The molecule has 1 aromatic carbocycles. The van der Waals surface area contributed by atoms with Crippen LogP contribution < -0.4 is 5.32 Å². The van der Waals surface area contributed by atoms with Crippen molar-refractivity contribution in [3.8, 4) is 10.6 Å². The zero-order valence-corrected chi connectivity index (χ0v) is 24.0. The van der Waals surface area contributed by atoms with Gasteiger partial charge in [-0.05, 0) is 43.6 Å². The predicted octanol–water partition coefficient (Wildman–Crippen LogP) is 5.03. The van der Waals surface area contributed by atoms with Crippen LogP contribution in [0.5, 0.6) is 0 Å². The summed E-state index contributed by atoms with van der Waals surface area (Å²) in [5.74, 6) is 0.577. The van der Waals surface area contributed by atoms with E-state index in [1.54, 1.807) is 36.5 Å². The lowest BCUT2D eigenvalue weighted by Crippen LogP contribution is -2.44. The molecule has 1 N–H and O–H groups in total. The number of aromatic nitrogens is 2. The molecule has 0 radical (unpaired) electrons. The molecule has 0 unspecified atom stereocenters. The number of benzene rings is 1. The molecular formula is C23H32Cl4N6OS. The van der Waals surface area contributed by atoms with E-state index in [0.717, 1.165) is 60.7 Å². The summed E-state index contributed by atoms with van der Waals surface area (Å²) >= 11 is 8.02. The van der Waals surface area contributed by atoms with Crippen LogP contribution in [-0.4, -0.2) is 91.0 Å². The van der Waals surface area contributed by atoms with E-state index in [9.17, 15) is 4.79 Å². The number of fused-ring (bicyclic) bond motifs is 1. The molecule has 2 aromatic heterocycles. The van der Waals surface area contributed by atoms with E-state index in [-0.39, 0.29) is 43.1 Å². The Hall–Kier alpha value is -1.39. The van der Waals surface area contributed by atoms with E-state index in [0.29, 0.717) is 22.2 Å². The van der Waals surface area contributed by atoms with Gasteiger partial charge in [-0.3, -0.25) is 4.79 Å². The minimum Gasteiger partial charge on any atom is -0.354 e. The molecule has 4 rings (SSSR count). The van der Waals surface area contributed by atoms with Crippen LogP contribution >= 0.6 is 60.2 Å². The van der Waals surface area contributed by atoms with Crippen LogP contribution in [-0.2, 0) is 0 Å². The first-order chi connectivity index (χ1) is 15.4. The van der Waals surface area contributed by atoms with Crippen molar-refractivity contribution in [1.29, 1.82) is 0 Å². The lowest BCUT2D eigenvalue weighted by molar-refractivity contribution is 0.0828. The predicted molar refractivity (Wildman–Crippen MR) is 155 cm³/mol. The maximum atomic E-state index is 12.3. The number of anilines is 1. The van der Waals surface area contributed by atoms with Crippen molar-refractivity contribution < 1.29 is 4.79 Å². The SMILES string of the molecule is CN1CCN(CCCNc2ncc(Cl)c(-c3cc4ccc(C(=O)N(C)C)cc4s3)n2)CC1.Cl.Cl.Cl. The Morgan fingerprint density at radius 2 is 1.86 bits per heavy atom. The molecule has 1 fully saturated rings. The number of rotatable bonds is 7. The quantitative estimate of drug-likeness (QED) is 0.395. The zero-order valence-electron chi connectivity index (χ0n) is 20.0. The zero-order chi connectivity index (χ0) is 22.7. The van der Waals surface area contributed by atoms with E-state index in [1.165, 1.54) is 0 Å². The van der Waals surface area contributed by atoms with Gasteiger partial charge in [-0.2, -0.15) is 0 Å². The minimum absolute atomic E-state index is 0. The van der Waals surface area contributed by atoms with Crippen molar-refractivity contribution >= 4 is 82.1 Å². The van der Waals surface area contributed by atoms with E-state index >= 15 is 0 Å².